The molecular weight excluding hydrogens is 460 g/mol. The van der Waals surface area contributed by atoms with Gasteiger partial charge in [-0.2, -0.15) is 0 Å². The first-order chi connectivity index (χ1) is 15.5. The lowest BCUT2D eigenvalue weighted by Crippen LogP contribution is -2.41. The van der Waals surface area contributed by atoms with Crippen molar-refractivity contribution in [3.63, 3.8) is 0 Å². The molecule has 5 N–H and O–H groups in total. The standard InChI is InChI=1S/C17H20FN5O5.BF4/c18-10-3-1-2-9(4-10)6-27-23-8-21-16-12(15(23)19)20-7-22(16)17-14(26)13(25)11(5-24)28-17;2-1(3,4)5/h1-4,7,11,13-14,17,19,21,24-26H,5-6,8H2;/q;-1/t11-,13-,14-,17-;/m1./s1. The lowest BCUT2D eigenvalue weighted by Gasteiger charge is -2.30. The molecular formula is C17H20BF5N5O5-. The number of nitrogens with one attached hydrogen (secondary N) is 2. The molecule has 0 radical (unpaired) electrons. The second-order valence-electron chi connectivity index (χ2n) is 7.04. The molecule has 0 bridgehead atoms. The Bertz CT molecular complexity index is 974. The Hall–Kier alpha value is -2.79. The average molecular weight is 480 g/mol. The minimum atomic E-state index is -6.00. The number of anilines is 1. The summed E-state index contributed by atoms with van der Waals surface area (Å²) in [5.74, 6) is 0.0357. The van der Waals surface area contributed by atoms with Crippen molar-refractivity contribution in [2.45, 2.75) is 31.1 Å². The first-order valence-corrected chi connectivity index (χ1v) is 9.54. The smallest absolute Gasteiger partial charge is 0.418 e. The zero-order chi connectivity index (χ0) is 24.3. The monoisotopic (exact) mass is 480 g/mol. The molecule has 2 aliphatic rings. The summed E-state index contributed by atoms with van der Waals surface area (Å²) in [6.45, 7) is -0.245. The zero-order valence-electron chi connectivity index (χ0n) is 16.8. The van der Waals surface area contributed by atoms with E-state index < -0.39 is 38.4 Å². The molecule has 16 heteroatoms. The van der Waals surface area contributed by atoms with Crippen LogP contribution in [0.4, 0.5) is 27.5 Å². The number of aliphatic hydroxyl groups excluding tert-OH is 3. The van der Waals surface area contributed by atoms with Crippen LogP contribution in [0.3, 0.4) is 0 Å². The number of hydrogen-bond donors (Lipinski definition) is 5. The Morgan fingerprint density at radius 2 is 1.94 bits per heavy atom. The number of amidine groups is 1. The summed E-state index contributed by atoms with van der Waals surface area (Å²) < 4.78 is 59.2. The third kappa shape index (κ3) is 5.97. The molecule has 0 spiro atoms. The maximum Gasteiger partial charge on any atom is 0.673 e. The molecule has 0 amide bonds. The fraction of sp³-hybridized carbons (Fsp3) is 0.412. The van der Waals surface area contributed by atoms with E-state index in [1.165, 1.54) is 28.1 Å². The van der Waals surface area contributed by atoms with Gasteiger partial charge in [0.25, 0.3) is 0 Å². The van der Waals surface area contributed by atoms with Gasteiger partial charge in [0.2, 0.25) is 0 Å². The fourth-order valence-electron chi connectivity index (χ4n) is 3.25. The van der Waals surface area contributed by atoms with Gasteiger partial charge in [-0.25, -0.2) is 14.4 Å². The van der Waals surface area contributed by atoms with Gasteiger partial charge in [-0.05, 0) is 17.7 Å². The molecule has 2 aliphatic heterocycles. The van der Waals surface area contributed by atoms with Gasteiger partial charge in [-0.3, -0.25) is 14.8 Å². The van der Waals surface area contributed by atoms with E-state index in [-0.39, 0.29) is 30.6 Å². The van der Waals surface area contributed by atoms with Crippen LogP contribution in [0.25, 0.3) is 0 Å². The number of ether oxygens (including phenoxy) is 1. The second-order valence-corrected chi connectivity index (χ2v) is 7.04. The maximum atomic E-state index is 13.3. The van der Waals surface area contributed by atoms with E-state index in [4.69, 9.17) is 15.0 Å². The van der Waals surface area contributed by atoms with Crippen molar-refractivity contribution in [3.8, 4) is 0 Å². The first-order valence-electron chi connectivity index (χ1n) is 9.54. The summed E-state index contributed by atoms with van der Waals surface area (Å²) in [5.41, 5.74) is 0.888. The van der Waals surface area contributed by atoms with Crippen molar-refractivity contribution in [2.75, 3.05) is 18.6 Å². The number of hydrogen-bond acceptors (Lipinski definition) is 8. The number of imidazole rings is 1. The van der Waals surface area contributed by atoms with Crippen LogP contribution in [0.5, 0.6) is 0 Å². The number of aliphatic hydroxyl groups is 3. The van der Waals surface area contributed by atoms with Crippen LogP contribution in [0.15, 0.2) is 30.6 Å². The van der Waals surface area contributed by atoms with Gasteiger partial charge in [0.05, 0.1) is 12.9 Å². The van der Waals surface area contributed by atoms with Crippen LogP contribution in [0.1, 0.15) is 17.5 Å². The van der Waals surface area contributed by atoms with Crippen molar-refractivity contribution in [1.82, 2.24) is 14.6 Å². The molecule has 4 rings (SSSR count). The van der Waals surface area contributed by atoms with E-state index in [2.05, 4.69) is 10.3 Å². The van der Waals surface area contributed by atoms with Crippen molar-refractivity contribution in [1.29, 1.82) is 5.41 Å². The van der Waals surface area contributed by atoms with E-state index >= 15 is 0 Å². The Kier molecular flexibility index (Phi) is 7.53. The predicted molar refractivity (Wildman–Crippen MR) is 104 cm³/mol. The summed E-state index contributed by atoms with van der Waals surface area (Å²) in [6.07, 6.45) is -2.98. The molecule has 4 atom stereocenters. The highest BCUT2D eigenvalue weighted by Crippen LogP contribution is 2.34. The Labute approximate surface area is 183 Å². The highest BCUT2D eigenvalue weighted by Gasteiger charge is 2.45. The molecule has 10 nitrogen and oxygen atoms in total. The number of halogens is 5. The van der Waals surface area contributed by atoms with Crippen LogP contribution in [-0.4, -0.2) is 74.6 Å². The molecule has 33 heavy (non-hydrogen) atoms. The van der Waals surface area contributed by atoms with Crippen molar-refractivity contribution in [3.05, 3.63) is 47.7 Å². The highest BCUT2D eigenvalue weighted by molar-refractivity contribution is 6.50. The van der Waals surface area contributed by atoms with Gasteiger partial charge in [0.15, 0.2) is 12.1 Å². The van der Waals surface area contributed by atoms with E-state index in [9.17, 15) is 37.0 Å². The zero-order valence-corrected chi connectivity index (χ0v) is 16.8. The lowest BCUT2D eigenvalue weighted by molar-refractivity contribution is -0.108. The molecule has 2 aromatic rings. The van der Waals surface area contributed by atoms with Gasteiger partial charge in [0.1, 0.15) is 48.9 Å². The molecule has 3 heterocycles. The number of rotatable bonds is 5. The predicted octanol–water partition coefficient (Wildman–Crippen LogP) is 1.08. The average Bonchev–Trinajstić information content (AvgIpc) is 3.28. The molecule has 182 valence electrons. The van der Waals surface area contributed by atoms with Gasteiger partial charge in [0, 0.05) is 0 Å². The largest absolute Gasteiger partial charge is 0.673 e. The van der Waals surface area contributed by atoms with Crippen molar-refractivity contribution >= 4 is 18.9 Å². The van der Waals surface area contributed by atoms with Gasteiger partial charge in [-0.15, -0.1) is 0 Å². The van der Waals surface area contributed by atoms with Crippen molar-refractivity contribution < 1.29 is 46.5 Å². The Morgan fingerprint density at radius 3 is 2.55 bits per heavy atom. The molecule has 1 aromatic carbocycles. The third-order valence-electron chi connectivity index (χ3n) is 4.72. The van der Waals surface area contributed by atoms with Gasteiger partial charge >= 0.3 is 7.25 Å². The molecule has 0 saturated carbocycles. The molecule has 1 saturated heterocycles. The molecule has 1 fully saturated rings. The number of aromatic nitrogens is 2. The fourth-order valence-corrected chi connectivity index (χ4v) is 3.25. The Balaban J connectivity index is 0.000000555. The quantitative estimate of drug-likeness (QED) is 0.317. The normalized spacial score (nSPS) is 24.7. The molecule has 1 aromatic heterocycles. The lowest BCUT2D eigenvalue weighted by atomic mass is 10.1. The van der Waals surface area contributed by atoms with Crippen LogP contribution in [0, 0.1) is 11.2 Å². The number of hydroxylamine groups is 2. The van der Waals surface area contributed by atoms with E-state index in [0.717, 1.165) is 0 Å². The topological polar surface area (TPSA) is 136 Å². The summed E-state index contributed by atoms with van der Waals surface area (Å²) in [4.78, 5) is 9.75. The van der Waals surface area contributed by atoms with E-state index in [0.29, 0.717) is 11.4 Å². The minimum absolute atomic E-state index is 0.0179. The van der Waals surface area contributed by atoms with E-state index in [1.54, 1.807) is 12.1 Å². The Morgan fingerprint density at radius 1 is 1.24 bits per heavy atom. The second kappa shape index (κ2) is 10.0. The van der Waals surface area contributed by atoms with E-state index in [1.807, 2.05) is 0 Å². The maximum absolute atomic E-state index is 13.3. The summed E-state index contributed by atoms with van der Waals surface area (Å²) in [6, 6.07) is 5.98. The van der Waals surface area contributed by atoms with Crippen LogP contribution in [-0.2, 0) is 16.2 Å². The minimum Gasteiger partial charge on any atom is -0.418 e. The number of benzene rings is 1. The van der Waals surface area contributed by atoms with Gasteiger partial charge in [-0.1, -0.05) is 12.1 Å². The summed E-state index contributed by atoms with van der Waals surface area (Å²) >= 11 is 0. The van der Waals surface area contributed by atoms with Gasteiger partial charge < -0.3 is 42.6 Å². The summed E-state index contributed by atoms with van der Waals surface area (Å²) in [7, 11) is -6.00. The SMILES string of the molecule is F[B-](F)(F)F.N=C1c2ncn([C@@H]3O[C@H](CO)[C@@H](O)[C@H]3O)c2NCN1OCc1cccc(F)c1. The number of fused-ring (bicyclic) bond motifs is 1. The van der Waals surface area contributed by atoms with Crippen LogP contribution >= 0.6 is 0 Å². The van der Waals surface area contributed by atoms with Crippen LogP contribution < -0.4 is 5.32 Å². The third-order valence-corrected chi connectivity index (χ3v) is 4.72. The first kappa shape index (κ1) is 24.8. The summed E-state index contributed by atoms with van der Waals surface area (Å²) in [5, 5.41) is 42.0. The molecule has 0 unspecified atom stereocenters. The molecule has 0 aliphatic carbocycles. The van der Waals surface area contributed by atoms with Crippen molar-refractivity contribution in [2.24, 2.45) is 0 Å². The highest BCUT2D eigenvalue weighted by atomic mass is 19.5. The van der Waals surface area contributed by atoms with Crippen LogP contribution in [0.2, 0.25) is 0 Å². The number of nitrogens with zero attached hydrogens (tertiary/aromatic N) is 3.